The van der Waals surface area contributed by atoms with E-state index < -0.39 is 6.10 Å². The van der Waals surface area contributed by atoms with Crippen molar-refractivity contribution in [2.75, 3.05) is 13.2 Å². The SMILES string of the molecule is Cc1ccc(OC(C)C(=O)NCCOc2ccc(-c3ccco3)nn2)cc1C. The molecule has 146 valence electrons. The highest BCUT2D eigenvalue weighted by Crippen LogP contribution is 2.18. The Morgan fingerprint density at radius 1 is 1.14 bits per heavy atom. The van der Waals surface area contributed by atoms with Gasteiger partial charge in [-0.3, -0.25) is 4.79 Å². The molecule has 0 spiro atoms. The highest BCUT2D eigenvalue weighted by molar-refractivity contribution is 5.80. The Hall–Kier alpha value is -3.35. The molecule has 0 aliphatic heterocycles. The van der Waals surface area contributed by atoms with Crippen molar-refractivity contribution in [1.29, 1.82) is 0 Å². The number of furan rings is 1. The lowest BCUT2D eigenvalue weighted by Crippen LogP contribution is -2.38. The summed E-state index contributed by atoms with van der Waals surface area (Å²) in [5.41, 5.74) is 2.93. The van der Waals surface area contributed by atoms with Crippen LogP contribution in [-0.2, 0) is 4.79 Å². The number of benzene rings is 1. The lowest BCUT2D eigenvalue weighted by Gasteiger charge is -2.15. The molecule has 7 nitrogen and oxygen atoms in total. The summed E-state index contributed by atoms with van der Waals surface area (Å²) in [6.45, 7) is 6.36. The molecule has 0 radical (unpaired) electrons. The normalized spacial score (nSPS) is 11.7. The molecule has 0 fully saturated rings. The fourth-order valence-electron chi connectivity index (χ4n) is 2.47. The number of nitrogens with zero attached hydrogens (tertiary/aromatic N) is 2. The van der Waals surface area contributed by atoms with Gasteiger partial charge in [0, 0.05) is 6.07 Å². The molecule has 28 heavy (non-hydrogen) atoms. The van der Waals surface area contributed by atoms with Crippen LogP contribution in [0, 0.1) is 13.8 Å². The van der Waals surface area contributed by atoms with Crippen molar-refractivity contribution >= 4 is 5.91 Å². The fourth-order valence-corrected chi connectivity index (χ4v) is 2.47. The molecule has 0 saturated carbocycles. The average molecular weight is 381 g/mol. The van der Waals surface area contributed by atoms with Gasteiger partial charge in [-0.05, 0) is 62.2 Å². The largest absolute Gasteiger partial charge is 0.481 e. The Labute approximate surface area is 163 Å². The van der Waals surface area contributed by atoms with Crippen molar-refractivity contribution < 1.29 is 18.7 Å². The molecular formula is C21H23N3O4. The van der Waals surface area contributed by atoms with Gasteiger partial charge >= 0.3 is 0 Å². The van der Waals surface area contributed by atoms with Gasteiger partial charge in [0.25, 0.3) is 5.91 Å². The second-order valence-corrected chi connectivity index (χ2v) is 6.38. The smallest absolute Gasteiger partial charge is 0.260 e. The van der Waals surface area contributed by atoms with Crippen molar-refractivity contribution in [3.05, 3.63) is 59.9 Å². The summed E-state index contributed by atoms with van der Waals surface area (Å²) in [4.78, 5) is 12.2. The first-order valence-electron chi connectivity index (χ1n) is 9.05. The highest BCUT2D eigenvalue weighted by Gasteiger charge is 2.14. The minimum absolute atomic E-state index is 0.207. The summed E-state index contributed by atoms with van der Waals surface area (Å²) >= 11 is 0. The first-order chi connectivity index (χ1) is 13.5. The molecule has 3 rings (SSSR count). The minimum atomic E-state index is -0.602. The van der Waals surface area contributed by atoms with Gasteiger partial charge in [0.05, 0.1) is 12.8 Å². The van der Waals surface area contributed by atoms with Gasteiger partial charge in [-0.15, -0.1) is 10.2 Å². The lowest BCUT2D eigenvalue weighted by molar-refractivity contribution is -0.127. The van der Waals surface area contributed by atoms with E-state index in [0.29, 0.717) is 29.6 Å². The van der Waals surface area contributed by atoms with Gasteiger partial charge in [0.15, 0.2) is 11.9 Å². The summed E-state index contributed by atoms with van der Waals surface area (Å²) in [5.74, 6) is 1.49. The van der Waals surface area contributed by atoms with Gasteiger partial charge in [0.2, 0.25) is 5.88 Å². The molecule has 0 aliphatic rings. The summed E-state index contributed by atoms with van der Waals surface area (Å²) in [7, 11) is 0. The zero-order valence-corrected chi connectivity index (χ0v) is 16.1. The van der Waals surface area contributed by atoms with Crippen LogP contribution >= 0.6 is 0 Å². The van der Waals surface area contributed by atoms with E-state index in [4.69, 9.17) is 13.9 Å². The van der Waals surface area contributed by atoms with E-state index in [9.17, 15) is 4.79 Å². The maximum atomic E-state index is 12.2. The number of rotatable bonds is 8. The third-order valence-electron chi connectivity index (χ3n) is 4.23. The lowest BCUT2D eigenvalue weighted by atomic mass is 10.1. The molecule has 0 bridgehead atoms. The number of amides is 1. The summed E-state index contributed by atoms with van der Waals surface area (Å²) in [6, 6.07) is 12.8. The maximum Gasteiger partial charge on any atom is 0.260 e. The monoisotopic (exact) mass is 381 g/mol. The molecule has 1 unspecified atom stereocenters. The third kappa shape index (κ3) is 5.09. The third-order valence-corrected chi connectivity index (χ3v) is 4.23. The molecule has 1 amide bonds. The Morgan fingerprint density at radius 3 is 2.68 bits per heavy atom. The van der Waals surface area contributed by atoms with Crippen LogP contribution in [0.2, 0.25) is 0 Å². The molecule has 0 aliphatic carbocycles. The number of hydrogen-bond acceptors (Lipinski definition) is 6. The van der Waals surface area contributed by atoms with Crippen LogP contribution in [0.5, 0.6) is 11.6 Å². The standard InChI is InChI=1S/C21H23N3O4/c1-14-6-7-17(13-15(14)2)28-16(3)21(25)22-10-12-27-20-9-8-18(23-24-20)19-5-4-11-26-19/h4-9,11,13,16H,10,12H2,1-3H3,(H,22,25). The second kappa shape index (κ2) is 9.03. The van der Waals surface area contributed by atoms with Crippen LogP contribution < -0.4 is 14.8 Å². The van der Waals surface area contributed by atoms with Crippen molar-refractivity contribution in [2.24, 2.45) is 0 Å². The van der Waals surface area contributed by atoms with Crippen molar-refractivity contribution in [3.8, 4) is 23.1 Å². The molecule has 1 atom stereocenters. The predicted octanol–water partition coefficient (Wildman–Crippen LogP) is 3.32. The Balaban J connectivity index is 1.40. The van der Waals surface area contributed by atoms with E-state index in [0.717, 1.165) is 5.56 Å². The Morgan fingerprint density at radius 2 is 2.00 bits per heavy atom. The van der Waals surface area contributed by atoms with Crippen molar-refractivity contribution in [3.63, 3.8) is 0 Å². The number of aromatic nitrogens is 2. The van der Waals surface area contributed by atoms with E-state index in [1.165, 1.54) is 5.56 Å². The quantitative estimate of drug-likeness (QED) is 0.603. The van der Waals surface area contributed by atoms with Crippen LogP contribution in [0.4, 0.5) is 0 Å². The van der Waals surface area contributed by atoms with E-state index in [1.54, 1.807) is 37.5 Å². The van der Waals surface area contributed by atoms with Gasteiger partial charge in [-0.25, -0.2) is 0 Å². The van der Waals surface area contributed by atoms with Crippen molar-refractivity contribution in [1.82, 2.24) is 15.5 Å². The van der Waals surface area contributed by atoms with Crippen molar-refractivity contribution in [2.45, 2.75) is 26.9 Å². The van der Waals surface area contributed by atoms with E-state index in [1.807, 2.05) is 32.0 Å². The number of carbonyl (C=O) groups is 1. The molecule has 2 heterocycles. The van der Waals surface area contributed by atoms with Crippen LogP contribution in [-0.4, -0.2) is 35.4 Å². The van der Waals surface area contributed by atoms with Crippen LogP contribution in [0.3, 0.4) is 0 Å². The van der Waals surface area contributed by atoms with Gasteiger partial charge < -0.3 is 19.2 Å². The van der Waals surface area contributed by atoms with E-state index in [-0.39, 0.29) is 12.5 Å². The Bertz CT molecular complexity index is 908. The summed E-state index contributed by atoms with van der Waals surface area (Å²) in [5, 5.41) is 10.8. The maximum absolute atomic E-state index is 12.2. The van der Waals surface area contributed by atoms with Crippen LogP contribution in [0.25, 0.3) is 11.5 Å². The first-order valence-corrected chi connectivity index (χ1v) is 9.05. The van der Waals surface area contributed by atoms with Crippen LogP contribution in [0.1, 0.15) is 18.1 Å². The number of hydrogen-bond donors (Lipinski definition) is 1. The zero-order chi connectivity index (χ0) is 19.9. The zero-order valence-electron chi connectivity index (χ0n) is 16.1. The highest BCUT2D eigenvalue weighted by atomic mass is 16.5. The number of ether oxygens (including phenoxy) is 2. The number of carbonyl (C=O) groups excluding carboxylic acids is 1. The van der Waals surface area contributed by atoms with Gasteiger partial charge in [-0.1, -0.05) is 6.07 Å². The van der Waals surface area contributed by atoms with Gasteiger partial charge in [-0.2, -0.15) is 0 Å². The number of nitrogens with one attached hydrogen (secondary N) is 1. The molecule has 2 aromatic heterocycles. The van der Waals surface area contributed by atoms with E-state index >= 15 is 0 Å². The molecule has 3 aromatic rings. The topological polar surface area (TPSA) is 86.5 Å². The summed E-state index contributed by atoms with van der Waals surface area (Å²) in [6.07, 6.45) is 0.976. The molecule has 1 N–H and O–H groups in total. The predicted molar refractivity (Wildman–Crippen MR) is 104 cm³/mol. The molecular weight excluding hydrogens is 358 g/mol. The molecule has 0 saturated heterocycles. The second-order valence-electron chi connectivity index (χ2n) is 6.38. The first kappa shape index (κ1) is 19.4. The average Bonchev–Trinajstić information content (AvgIpc) is 3.23. The summed E-state index contributed by atoms with van der Waals surface area (Å²) < 4.78 is 16.4. The Kier molecular flexibility index (Phi) is 6.26. The fraction of sp³-hybridized carbons (Fsp3) is 0.286. The number of aryl methyl sites for hydroxylation is 2. The molecule has 7 heteroatoms. The van der Waals surface area contributed by atoms with Crippen LogP contribution in [0.15, 0.2) is 53.1 Å². The van der Waals surface area contributed by atoms with E-state index in [2.05, 4.69) is 15.5 Å². The van der Waals surface area contributed by atoms with Gasteiger partial charge in [0.1, 0.15) is 18.1 Å². The molecule has 1 aromatic carbocycles. The minimum Gasteiger partial charge on any atom is -0.481 e.